The van der Waals surface area contributed by atoms with E-state index in [1.165, 1.54) is 11.8 Å². The number of rotatable bonds is 5. The number of imidazole rings is 1. The van der Waals surface area contributed by atoms with Gasteiger partial charge in [0.15, 0.2) is 11.5 Å². The van der Waals surface area contributed by atoms with E-state index in [2.05, 4.69) is 25.6 Å². The van der Waals surface area contributed by atoms with Gasteiger partial charge in [0.25, 0.3) is 0 Å². The molecular formula is C16H16BN7OS. The van der Waals surface area contributed by atoms with Gasteiger partial charge in [0.1, 0.15) is 18.7 Å². The highest BCUT2D eigenvalue weighted by Crippen LogP contribution is 2.30. The van der Waals surface area contributed by atoms with Crippen molar-refractivity contribution in [1.29, 1.82) is 0 Å². The number of nitrogens with zero attached hydrogens (tertiary/aromatic N) is 6. The van der Waals surface area contributed by atoms with Crippen LogP contribution in [-0.2, 0) is 4.79 Å². The lowest BCUT2D eigenvalue weighted by atomic mass is 10.00. The van der Waals surface area contributed by atoms with Gasteiger partial charge in [-0.1, -0.05) is 6.92 Å². The lowest BCUT2D eigenvalue weighted by Crippen LogP contribution is -2.13. The Balaban J connectivity index is 1.58. The zero-order chi connectivity index (χ0) is 18.3. The predicted octanol–water partition coefficient (Wildman–Crippen LogP) is 2.12. The van der Waals surface area contributed by atoms with Crippen molar-refractivity contribution in [3.05, 3.63) is 29.6 Å². The molecule has 0 spiro atoms. The molecule has 1 aliphatic rings. The summed E-state index contributed by atoms with van der Waals surface area (Å²) in [5.41, 5.74) is 1.32. The van der Waals surface area contributed by atoms with Crippen LogP contribution in [0.2, 0.25) is 0 Å². The van der Waals surface area contributed by atoms with E-state index in [-0.39, 0.29) is 11.8 Å². The molecule has 1 N–H and O–H groups in total. The molecule has 1 fully saturated rings. The molecule has 2 radical (unpaired) electrons. The zero-order valence-corrected chi connectivity index (χ0v) is 15.2. The number of nitrogens with one attached hydrogen (secondary N) is 1. The molecule has 3 aromatic heterocycles. The molecule has 3 aromatic rings. The maximum absolute atomic E-state index is 11.9. The second kappa shape index (κ2) is 6.60. The maximum atomic E-state index is 11.9. The van der Waals surface area contributed by atoms with Crippen LogP contribution in [0.3, 0.4) is 0 Å². The molecule has 26 heavy (non-hydrogen) atoms. The summed E-state index contributed by atoms with van der Waals surface area (Å²) in [4.78, 5) is 16.2. The Kier molecular flexibility index (Phi) is 4.27. The van der Waals surface area contributed by atoms with Crippen molar-refractivity contribution < 1.29 is 4.79 Å². The van der Waals surface area contributed by atoms with Gasteiger partial charge < -0.3 is 5.32 Å². The number of aryl methyl sites for hydroxylation is 1. The van der Waals surface area contributed by atoms with Gasteiger partial charge in [-0.2, -0.15) is 5.10 Å². The summed E-state index contributed by atoms with van der Waals surface area (Å²) in [6.45, 7) is 3.67. The number of carbonyl (C=O) groups excluding carboxylic acids is 1. The Morgan fingerprint density at radius 3 is 2.92 bits per heavy atom. The molecule has 0 aromatic carbocycles. The van der Waals surface area contributed by atoms with E-state index in [4.69, 9.17) is 7.85 Å². The molecule has 1 amide bonds. The van der Waals surface area contributed by atoms with E-state index in [1.54, 1.807) is 23.8 Å². The standard InChI is InChI=1S/C16H16BN7OS/c1-9(17)7-23-10(2)20-21-16(23)26-14-6-5-13-18-12(8-24(13)22-14)19-15(25)11-3-4-11/h5-8,11H,3-4H2,1-2H3,(H,19,25)/b9-7+. The fourth-order valence-corrected chi connectivity index (χ4v) is 3.24. The zero-order valence-electron chi connectivity index (χ0n) is 14.4. The number of hydrogen-bond acceptors (Lipinski definition) is 6. The van der Waals surface area contributed by atoms with Crippen LogP contribution in [0, 0.1) is 12.8 Å². The van der Waals surface area contributed by atoms with E-state index in [9.17, 15) is 4.79 Å². The number of allylic oxidation sites excluding steroid dienone is 1. The lowest BCUT2D eigenvalue weighted by molar-refractivity contribution is -0.117. The van der Waals surface area contributed by atoms with Crippen LogP contribution in [0.5, 0.6) is 0 Å². The summed E-state index contributed by atoms with van der Waals surface area (Å²) < 4.78 is 3.46. The first-order valence-corrected chi connectivity index (χ1v) is 9.02. The second-order valence-corrected chi connectivity index (χ2v) is 7.23. The molecular weight excluding hydrogens is 349 g/mol. The maximum Gasteiger partial charge on any atom is 0.228 e. The summed E-state index contributed by atoms with van der Waals surface area (Å²) in [5, 5.41) is 17.0. The highest BCUT2D eigenvalue weighted by atomic mass is 32.2. The third-order valence-corrected chi connectivity index (χ3v) is 4.75. The quantitative estimate of drug-likeness (QED) is 0.697. The lowest BCUT2D eigenvalue weighted by Gasteiger charge is -2.03. The first kappa shape index (κ1) is 16.8. The van der Waals surface area contributed by atoms with Crippen molar-refractivity contribution in [3.63, 3.8) is 0 Å². The summed E-state index contributed by atoms with van der Waals surface area (Å²) in [6, 6.07) is 3.70. The molecule has 0 aliphatic heterocycles. The molecule has 1 aliphatic carbocycles. The molecule has 0 atom stereocenters. The van der Waals surface area contributed by atoms with E-state index in [1.807, 2.05) is 23.6 Å². The Morgan fingerprint density at radius 1 is 1.38 bits per heavy atom. The van der Waals surface area contributed by atoms with E-state index in [0.29, 0.717) is 22.1 Å². The highest BCUT2D eigenvalue weighted by molar-refractivity contribution is 7.99. The number of anilines is 1. The SMILES string of the molecule is [B]/C(C)=C/n1c(C)nnc1Sc1ccc2nc(NC(=O)C3CC3)cn2n1. The molecule has 8 nitrogen and oxygen atoms in total. The number of carbonyl (C=O) groups is 1. The van der Waals surface area contributed by atoms with Gasteiger partial charge in [-0.3, -0.25) is 9.36 Å². The number of aromatic nitrogens is 6. The highest BCUT2D eigenvalue weighted by Gasteiger charge is 2.30. The minimum atomic E-state index is 0.0236. The van der Waals surface area contributed by atoms with Gasteiger partial charge in [0, 0.05) is 12.1 Å². The van der Waals surface area contributed by atoms with Crippen LogP contribution in [0.4, 0.5) is 5.82 Å². The van der Waals surface area contributed by atoms with Crippen molar-refractivity contribution >= 4 is 43.2 Å². The summed E-state index contributed by atoms with van der Waals surface area (Å²) in [6.07, 6.45) is 5.39. The summed E-state index contributed by atoms with van der Waals surface area (Å²) in [5.74, 6) is 1.41. The van der Waals surface area contributed by atoms with Crippen molar-refractivity contribution in [3.8, 4) is 0 Å². The Morgan fingerprint density at radius 2 is 2.19 bits per heavy atom. The summed E-state index contributed by atoms with van der Waals surface area (Å²) >= 11 is 1.37. The van der Waals surface area contributed by atoms with Crippen LogP contribution in [0.15, 0.2) is 34.0 Å². The molecule has 1 saturated carbocycles. The fraction of sp³-hybridized carbons (Fsp3) is 0.312. The Bertz CT molecular complexity index is 1020. The molecule has 0 saturated heterocycles. The fourth-order valence-electron chi connectivity index (χ4n) is 2.42. The number of fused-ring (bicyclic) bond motifs is 1. The van der Waals surface area contributed by atoms with Crippen LogP contribution in [-0.4, -0.2) is 43.1 Å². The predicted molar refractivity (Wildman–Crippen MR) is 98.9 cm³/mol. The molecule has 4 rings (SSSR count). The van der Waals surface area contributed by atoms with Crippen molar-refractivity contribution in [2.24, 2.45) is 5.92 Å². The van der Waals surface area contributed by atoms with Crippen LogP contribution in [0.1, 0.15) is 25.6 Å². The first-order valence-electron chi connectivity index (χ1n) is 8.20. The van der Waals surface area contributed by atoms with Gasteiger partial charge in [-0.25, -0.2) is 9.50 Å². The van der Waals surface area contributed by atoms with Crippen LogP contribution < -0.4 is 5.32 Å². The van der Waals surface area contributed by atoms with Gasteiger partial charge in [0.05, 0.1) is 6.20 Å². The molecule has 130 valence electrons. The number of amides is 1. The monoisotopic (exact) mass is 365 g/mol. The average molecular weight is 365 g/mol. The first-order chi connectivity index (χ1) is 12.5. The largest absolute Gasteiger partial charge is 0.309 e. The average Bonchev–Trinajstić information content (AvgIpc) is 3.30. The van der Waals surface area contributed by atoms with Crippen molar-refractivity contribution in [1.82, 2.24) is 29.4 Å². The smallest absolute Gasteiger partial charge is 0.228 e. The molecule has 0 unspecified atom stereocenters. The van der Waals surface area contributed by atoms with E-state index >= 15 is 0 Å². The van der Waals surface area contributed by atoms with Gasteiger partial charge >= 0.3 is 0 Å². The van der Waals surface area contributed by atoms with Crippen LogP contribution >= 0.6 is 11.8 Å². The molecule has 10 heteroatoms. The summed E-state index contributed by atoms with van der Waals surface area (Å²) in [7, 11) is 5.77. The second-order valence-electron chi connectivity index (χ2n) is 6.24. The van der Waals surface area contributed by atoms with Gasteiger partial charge in [-0.15, -0.1) is 15.7 Å². The third-order valence-electron chi connectivity index (χ3n) is 3.86. The third kappa shape index (κ3) is 3.50. The van der Waals surface area contributed by atoms with E-state index < -0.39 is 0 Å². The Hall–Kier alpha value is -2.62. The van der Waals surface area contributed by atoms with Gasteiger partial charge in [-0.05, 0) is 43.7 Å². The normalized spacial score (nSPS) is 14.8. The van der Waals surface area contributed by atoms with E-state index in [0.717, 1.165) is 23.7 Å². The van der Waals surface area contributed by atoms with Crippen molar-refractivity contribution in [2.75, 3.05) is 5.32 Å². The van der Waals surface area contributed by atoms with Crippen molar-refractivity contribution in [2.45, 2.75) is 36.9 Å². The Labute approximate surface area is 155 Å². The molecule has 3 heterocycles. The minimum absolute atomic E-state index is 0.0236. The topological polar surface area (TPSA) is 90.0 Å². The minimum Gasteiger partial charge on any atom is -0.309 e. The number of hydrogen-bond donors (Lipinski definition) is 1. The molecule has 0 bridgehead atoms. The van der Waals surface area contributed by atoms with Crippen LogP contribution in [0.25, 0.3) is 11.8 Å². The van der Waals surface area contributed by atoms with Gasteiger partial charge in [0.2, 0.25) is 11.1 Å².